The summed E-state index contributed by atoms with van der Waals surface area (Å²) in [4.78, 5) is 8.50. The highest BCUT2D eigenvalue weighted by Gasteiger charge is 2.27. The number of rotatable bonds is 7. The zero-order valence-corrected chi connectivity index (χ0v) is 12.1. The van der Waals surface area contributed by atoms with Crippen molar-refractivity contribution in [2.24, 2.45) is 0 Å². The summed E-state index contributed by atoms with van der Waals surface area (Å²) in [5.74, 6) is 0.791. The second-order valence-electron chi connectivity index (χ2n) is 4.18. The quantitative estimate of drug-likeness (QED) is 0.681. The van der Waals surface area contributed by atoms with Crippen LogP contribution in [0.25, 0.3) is 11.0 Å². The summed E-state index contributed by atoms with van der Waals surface area (Å²) in [6.07, 6.45) is 2.45. The number of aromatic amines is 1. The molecule has 2 rings (SSSR count). The van der Waals surface area contributed by atoms with Gasteiger partial charge in [0.05, 0.1) is 11.6 Å². The first-order chi connectivity index (χ1) is 9.99. The molecular formula is C11H15F3N6S. The Morgan fingerprint density at radius 1 is 1.24 bits per heavy atom. The molecule has 0 aromatic carbocycles. The molecule has 0 atom stereocenters. The molecule has 0 unspecified atom stereocenters. The van der Waals surface area contributed by atoms with Gasteiger partial charge < -0.3 is 10.6 Å². The molecule has 3 N–H and O–H groups in total. The number of H-pyrrole nitrogens is 1. The molecule has 10 heteroatoms. The molecule has 0 aliphatic carbocycles. The maximum Gasteiger partial charge on any atom is 0.441 e. The molecule has 0 bridgehead atoms. The minimum absolute atomic E-state index is 0.0666. The molecule has 0 radical (unpaired) electrons. The largest absolute Gasteiger partial charge is 0.441 e. The molecule has 2 aromatic rings. The van der Waals surface area contributed by atoms with Crippen molar-refractivity contribution in [2.45, 2.75) is 18.9 Å². The number of fused-ring (bicyclic) bond motifs is 1. The summed E-state index contributed by atoms with van der Waals surface area (Å²) < 4.78 is 36.2. The standard InChI is InChI=1S/C11H15F3N6S/c1-2-3-16-10-18-8(7-6-17-20-9(7)19-10)15-4-5-21-11(12,13)14/h6H,2-5H2,1H3,(H3,15,16,17,18,19,20). The Kier molecular flexibility index (Phi) is 5.10. The van der Waals surface area contributed by atoms with Gasteiger partial charge in [0, 0.05) is 18.8 Å². The Balaban J connectivity index is 2.04. The number of nitrogens with one attached hydrogen (secondary N) is 3. The van der Waals surface area contributed by atoms with E-state index in [0.717, 1.165) is 6.42 Å². The van der Waals surface area contributed by atoms with Gasteiger partial charge in [-0.15, -0.1) is 0 Å². The van der Waals surface area contributed by atoms with Gasteiger partial charge in [-0.3, -0.25) is 5.10 Å². The summed E-state index contributed by atoms with van der Waals surface area (Å²) in [5, 5.41) is 13.2. The molecule has 0 amide bonds. The average Bonchev–Trinajstić information content (AvgIpc) is 2.88. The van der Waals surface area contributed by atoms with Crippen LogP contribution in [0.3, 0.4) is 0 Å². The topological polar surface area (TPSA) is 78.5 Å². The van der Waals surface area contributed by atoms with Crippen molar-refractivity contribution in [3.05, 3.63) is 6.20 Å². The lowest BCUT2D eigenvalue weighted by Crippen LogP contribution is -2.12. The van der Waals surface area contributed by atoms with E-state index in [1.165, 1.54) is 6.20 Å². The van der Waals surface area contributed by atoms with Crippen LogP contribution in [0.4, 0.5) is 24.9 Å². The number of anilines is 2. The maximum atomic E-state index is 12.1. The summed E-state index contributed by atoms with van der Waals surface area (Å²) in [6, 6.07) is 0. The van der Waals surface area contributed by atoms with Gasteiger partial charge in [-0.05, 0) is 18.2 Å². The summed E-state index contributed by atoms with van der Waals surface area (Å²) in [7, 11) is 0. The van der Waals surface area contributed by atoms with Crippen molar-refractivity contribution in [3.8, 4) is 0 Å². The number of alkyl halides is 3. The Labute approximate surface area is 123 Å². The van der Waals surface area contributed by atoms with E-state index in [0.29, 0.717) is 29.3 Å². The molecule has 0 aliphatic rings. The third kappa shape index (κ3) is 4.66. The van der Waals surface area contributed by atoms with Gasteiger partial charge in [-0.2, -0.15) is 28.2 Å². The van der Waals surface area contributed by atoms with Crippen LogP contribution in [0.5, 0.6) is 0 Å². The van der Waals surface area contributed by atoms with E-state index in [1.54, 1.807) is 0 Å². The van der Waals surface area contributed by atoms with Crippen LogP contribution in [0.1, 0.15) is 13.3 Å². The van der Waals surface area contributed by atoms with Crippen LogP contribution in [0.15, 0.2) is 6.20 Å². The first-order valence-electron chi connectivity index (χ1n) is 6.39. The third-order valence-corrected chi connectivity index (χ3v) is 3.24. The minimum Gasteiger partial charge on any atom is -0.368 e. The van der Waals surface area contributed by atoms with Crippen LogP contribution in [-0.4, -0.2) is 44.5 Å². The molecule has 116 valence electrons. The molecular weight excluding hydrogens is 305 g/mol. The van der Waals surface area contributed by atoms with Gasteiger partial charge >= 0.3 is 5.51 Å². The molecule has 0 aliphatic heterocycles. The number of hydrogen-bond acceptors (Lipinski definition) is 6. The lowest BCUT2D eigenvalue weighted by atomic mass is 10.4. The van der Waals surface area contributed by atoms with Crippen molar-refractivity contribution in [1.29, 1.82) is 0 Å². The maximum absolute atomic E-state index is 12.1. The Morgan fingerprint density at radius 2 is 2.05 bits per heavy atom. The lowest BCUT2D eigenvalue weighted by Gasteiger charge is -2.10. The van der Waals surface area contributed by atoms with E-state index in [9.17, 15) is 13.2 Å². The number of halogens is 3. The third-order valence-electron chi connectivity index (χ3n) is 2.50. The number of thioether (sulfide) groups is 1. The molecule has 2 aromatic heterocycles. The minimum atomic E-state index is -4.22. The fourth-order valence-electron chi connectivity index (χ4n) is 1.62. The van der Waals surface area contributed by atoms with E-state index < -0.39 is 5.51 Å². The van der Waals surface area contributed by atoms with E-state index in [1.807, 2.05) is 6.92 Å². The van der Waals surface area contributed by atoms with Crippen LogP contribution >= 0.6 is 11.8 Å². The van der Waals surface area contributed by atoms with E-state index in [4.69, 9.17) is 0 Å². The SMILES string of the molecule is CCCNc1nc(NCCSC(F)(F)F)c2cn[nH]c2n1. The molecule has 21 heavy (non-hydrogen) atoms. The normalized spacial score (nSPS) is 11.8. The first kappa shape index (κ1) is 15.7. The van der Waals surface area contributed by atoms with Crippen LogP contribution in [0, 0.1) is 0 Å². The van der Waals surface area contributed by atoms with Crippen molar-refractivity contribution in [2.75, 3.05) is 29.5 Å². The number of nitrogens with zero attached hydrogens (tertiary/aromatic N) is 3. The average molecular weight is 320 g/mol. The molecule has 2 heterocycles. The highest BCUT2D eigenvalue weighted by Crippen LogP contribution is 2.29. The Bertz CT molecular complexity index is 585. The van der Waals surface area contributed by atoms with Crippen molar-refractivity contribution < 1.29 is 13.2 Å². The van der Waals surface area contributed by atoms with E-state index in [-0.39, 0.29) is 24.1 Å². The lowest BCUT2D eigenvalue weighted by molar-refractivity contribution is -0.0327. The van der Waals surface area contributed by atoms with Crippen molar-refractivity contribution >= 4 is 34.6 Å². The van der Waals surface area contributed by atoms with Crippen molar-refractivity contribution in [1.82, 2.24) is 20.2 Å². The molecule has 0 spiro atoms. The highest BCUT2D eigenvalue weighted by atomic mass is 32.2. The molecule has 6 nitrogen and oxygen atoms in total. The fraction of sp³-hybridized carbons (Fsp3) is 0.545. The van der Waals surface area contributed by atoms with E-state index in [2.05, 4.69) is 30.8 Å². The monoisotopic (exact) mass is 320 g/mol. The smallest absolute Gasteiger partial charge is 0.368 e. The fourth-order valence-corrected chi connectivity index (χ4v) is 2.06. The van der Waals surface area contributed by atoms with E-state index >= 15 is 0 Å². The number of hydrogen-bond donors (Lipinski definition) is 3. The molecule has 0 saturated heterocycles. The predicted octanol–water partition coefficient (Wildman–Crippen LogP) is 2.84. The second kappa shape index (κ2) is 6.83. The van der Waals surface area contributed by atoms with Gasteiger partial charge in [-0.1, -0.05) is 6.92 Å². The zero-order valence-electron chi connectivity index (χ0n) is 11.3. The first-order valence-corrected chi connectivity index (χ1v) is 7.37. The summed E-state index contributed by atoms with van der Waals surface area (Å²) in [6.45, 7) is 2.87. The highest BCUT2D eigenvalue weighted by molar-refractivity contribution is 8.00. The van der Waals surface area contributed by atoms with Gasteiger partial charge in [0.15, 0.2) is 5.65 Å². The summed E-state index contributed by atoms with van der Waals surface area (Å²) >= 11 is -0.0666. The second-order valence-corrected chi connectivity index (χ2v) is 5.34. The Morgan fingerprint density at radius 3 is 2.76 bits per heavy atom. The molecule has 0 saturated carbocycles. The Hall–Kier alpha value is -1.71. The predicted molar refractivity (Wildman–Crippen MR) is 77.5 cm³/mol. The van der Waals surface area contributed by atoms with Gasteiger partial charge in [0.25, 0.3) is 0 Å². The van der Waals surface area contributed by atoms with Gasteiger partial charge in [0.1, 0.15) is 5.82 Å². The van der Waals surface area contributed by atoms with Crippen molar-refractivity contribution in [3.63, 3.8) is 0 Å². The van der Waals surface area contributed by atoms with Gasteiger partial charge in [0.2, 0.25) is 5.95 Å². The van der Waals surface area contributed by atoms with Crippen LogP contribution < -0.4 is 10.6 Å². The molecule has 0 fully saturated rings. The summed E-state index contributed by atoms with van der Waals surface area (Å²) in [5.41, 5.74) is -3.68. The number of aromatic nitrogens is 4. The van der Waals surface area contributed by atoms with Gasteiger partial charge in [-0.25, -0.2) is 0 Å². The zero-order chi connectivity index (χ0) is 15.3. The van der Waals surface area contributed by atoms with Crippen LogP contribution in [-0.2, 0) is 0 Å². The van der Waals surface area contributed by atoms with Crippen LogP contribution in [0.2, 0.25) is 0 Å².